The predicted octanol–water partition coefficient (Wildman–Crippen LogP) is 4.28. The Hall–Kier alpha value is -3.03. The lowest BCUT2D eigenvalue weighted by atomic mass is 10.1. The molecule has 162 valence electrons. The molecule has 2 aromatic carbocycles. The molecule has 6 nitrogen and oxygen atoms in total. The Labute approximate surface area is 194 Å². The van der Waals surface area contributed by atoms with Gasteiger partial charge in [-0.1, -0.05) is 67.0 Å². The maximum atomic E-state index is 13.1. The lowest BCUT2D eigenvalue weighted by Gasteiger charge is -2.32. The van der Waals surface area contributed by atoms with Crippen molar-refractivity contribution in [1.29, 1.82) is 0 Å². The summed E-state index contributed by atoms with van der Waals surface area (Å²) in [5, 5.41) is 12.1. The van der Waals surface area contributed by atoms with Crippen molar-refractivity contribution >= 4 is 40.1 Å². The number of halogens is 1. The molecule has 0 spiro atoms. The SMILES string of the molecule is CCCCSC1=NN2C(=c3ccccc3=N[C@@H]2c2ccc(-c3cccc(Cl)c3)o2)C(=O)N1. The summed E-state index contributed by atoms with van der Waals surface area (Å²) >= 11 is 7.69. The molecule has 2 aliphatic heterocycles. The number of hydrazone groups is 1. The van der Waals surface area contributed by atoms with E-state index in [0.29, 0.717) is 27.4 Å². The van der Waals surface area contributed by atoms with E-state index in [-0.39, 0.29) is 5.91 Å². The molecule has 2 aliphatic rings. The van der Waals surface area contributed by atoms with Crippen molar-refractivity contribution in [1.82, 2.24) is 10.3 Å². The largest absolute Gasteiger partial charge is 0.457 e. The standard InChI is InChI=1S/C24H21ClN4O2S/c1-2-3-13-32-24-27-23(30)21-17-9-4-5-10-18(17)26-22(29(21)28-24)20-12-11-19(31-20)15-7-6-8-16(25)14-15/h4-12,14,22H,2-3,13H2,1H3,(H,27,28,30)/t22-/m0/s1. The molecule has 1 amide bonds. The molecule has 1 N–H and O–H groups in total. The van der Waals surface area contributed by atoms with Crippen LogP contribution in [0.2, 0.25) is 5.02 Å². The molecule has 1 aromatic heterocycles. The fraction of sp³-hybridized carbons (Fsp3) is 0.208. The van der Waals surface area contributed by atoms with E-state index in [2.05, 4.69) is 12.2 Å². The maximum absolute atomic E-state index is 13.1. The van der Waals surface area contributed by atoms with Crippen LogP contribution in [0.5, 0.6) is 0 Å². The van der Waals surface area contributed by atoms with E-state index in [9.17, 15) is 4.79 Å². The van der Waals surface area contributed by atoms with Crippen LogP contribution in [0.4, 0.5) is 0 Å². The number of hydrogen-bond donors (Lipinski definition) is 1. The molecule has 0 saturated carbocycles. The van der Waals surface area contributed by atoms with Gasteiger partial charge in [-0.25, -0.2) is 10.0 Å². The number of amides is 1. The summed E-state index contributed by atoms with van der Waals surface area (Å²) in [7, 11) is 0. The van der Waals surface area contributed by atoms with Crippen molar-refractivity contribution in [3.63, 3.8) is 0 Å². The predicted molar refractivity (Wildman–Crippen MR) is 127 cm³/mol. The Kier molecular flexibility index (Phi) is 5.76. The molecule has 32 heavy (non-hydrogen) atoms. The average Bonchev–Trinajstić information content (AvgIpc) is 3.29. The van der Waals surface area contributed by atoms with Crippen molar-refractivity contribution in [3.8, 4) is 11.3 Å². The number of nitrogens with zero attached hydrogens (tertiary/aromatic N) is 3. The molecular weight excluding hydrogens is 444 g/mol. The van der Waals surface area contributed by atoms with Crippen LogP contribution in [0, 0.1) is 0 Å². The van der Waals surface area contributed by atoms with Crippen LogP contribution in [0.3, 0.4) is 0 Å². The third-order valence-electron chi connectivity index (χ3n) is 5.24. The molecule has 3 heterocycles. The highest BCUT2D eigenvalue weighted by Gasteiger charge is 2.35. The molecule has 0 aliphatic carbocycles. The van der Waals surface area contributed by atoms with Crippen molar-refractivity contribution in [2.45, 2.75) is 25.9 Å². The van der Waals surface area contributed by atoms with Crippen LogP contribution < -0.4 is 15.9 Å². The minimum absolute atomic E-state index is 0.187. The van der Waals surface area contributed by atoms with E-state index in [1.54, 1.807) is 5.01 Å². The highest BCUT2D eigenvalue weighted by Crippen LogP contribution is 2.34. The quantitative estimate of drug-likeness (QED) is 0.572. The minimum Gasteiger partial charge on any atom is -0.457 e. The van der Waals surface area contributed by atoms with Gasteiger partial charge in [0.05, 0.1) is 5.36 Å². The minimum atomic E-state index is -0.583. The molecule has 0 radical (unpaired) electrons. The number of amidine groups is 1. The Morgan fingerprint density at radius 1 is 1.16 bits per heavy atom. The first-order chi connectivity index (χ1) is 15.6. The van der Waals surface area contributed by atoms with Gasteiger partial charge in [-0.15, -0.1) is 5.10 Å². The summed E-state index contributed by atoms with van der Waals surface area (Å²) in [6.45, 7) is 2.14. The second kappa shape index (κ2) is 8.84. The molecule has 3 aromatic rings. The summed E-state index contributed by atoms with van der Waals surface area (Å²) in [6.07, 6.45) is 1.55. The molecule has 1 atom stereocenters. The van der Waals surface area contributed by atoms with Gasteiger partial charge in [-0.2, -0.15) is 0 Å². The van der Waals surface area contributed by atoms with Gasteiger partial charge >= 0.3 is 0 Å². The molecule has 5 rings (SSSR count). The summed E-state index contributed by atoms with van der Waals surface area (Å²) in [5.74, 6) is 1.98. The summed E-state index contributed by atoms with van der Waals surface area (Å²) in [4.78, 5) is 18.0. The number of hydrogen-bond acceptors (Lipinski definition) is 6. The van der Waals surface area contributed by atoms with Gasteiger partial charge in [0, 0.05) is 21.6 Å². The average molecular weight is 465 g/mol. The first-order valence-electron chi connectivity index (χ1n) is 10.5. The summed E-state index contributed by atoms with van der Waals surface area (Å²) < 4.78 is 6.18. The van der Waals surface area contributed by atoms with Gasteiger partial charge in [-0.3, -0.25) is 10.1 Å². The highest BCUT2D eigenvalue weighted by atomic mass is 35.5. The van der Waals surface area contributed by atoms with E-state index < -0.39 is 6.17 Å². The topological polar surface area (TPSA) is 70.2 Å². The molecule has 0 unspecified atom stereocenters. The molecule has 0 bridgehead atoms. The Bertz CT molecular complexity index is 1330. The Balaban J connectivity index is 1.58. The van der Waals surface area contributed by atoms with E-state index in [0.717, 1.165) is 34.7 Å². The number of furan rings is 1. The van der Waals surface area contributed by atoms with Gasteiger partial charge in [0.1, 0.15) is 11.5 Å². The van der Waals surface area contributed by atoms with Crippen LogP contribution in [-0.2, 0) is 4.79 Å². The molecule has 0 fully saturated rings. The fourth-order valence-electron chi connectivity index (χ4n) is 3.68. The molecular formula is C24H21ClN4O2S. The van der Waals surface area contributed by atoms with Crippen molar-refractivity contribution < 1.29 is 9.21 Å². The number of carbonyl (C=O) groups excluding carboxylic acids is 1. The normalized spacial score (nSPS) is 17.2. The number of fused-ring (bicyclic) bond motifs is 2. The van der Waals surface area contributed by atoms with Gasteiger partial charge in [0.25, 0.3) is 5.91 Å². The second-order valence-corrected chi connectivity index (χ2v) is 9.01. The van der Waals surface area contributed by atoms with Crippen LogP contribution >= 0.6 is 23.4 Å². The van der Waals surface area contributed by atoms with Gasteiger partial charge in [0.15, 0.2) is 10.9 Å². The van der Waals surface area contributed by atoms with Crippen LogP contribution in [0.15, 0.2) is 75.2 Å². The number of carbonyl (C=O) groups is 1. The zero-order valence-corrected chi connectivity index (χ0v) is 19.0. The lowest BCUT2D eigenvalue weighted by Crippen LogP contribution is -2.50. The highest BCUT2D eigenvalue weighted by molar-refractivity contribution is 8.13. The van der Waals surface area contributed by atoms with Crippen LogP contribution in [0.25, 0.3) is 17.0 Å². The first-order valence-corrected chi connectivity index (χ1v) is 11.9. The second-order valence-electron chi connectivity index (χ2n) is 7.49. The third kappa shape index (κ3) is 3.94. The smallest absolute Gasteiger partial charge is 0.276 e. The number of benzene rings is 2. The Morgan fingerprint density at radius 3 is 2.88 bits per heavy atom. The summed E-state index contributed by atoms with van der Waals surface area (Å²) in [6, 6.07) is 18.9. The number of thioether (sulfide) groups is 1. The first kappa shape index (κ1) is 20.8. The monoisotopic (exact) mass is 464 g/mol. The Morgan fingerprint density at radius 2 is 2.03 bits per heavy atom. The number of rotatable bonds is 5. The van der Waals surface area contributed by atoms with Crippen molar-refractivity contribution in [3.05, 3.63) is 82.0 Å². The third-order valence-corrected chi connectivity index (χ3v) is 6.43. The zero-order chi connectivity index (χ0) is 22.1. The summed E-state index contributed by atoms with van der Waals surface area (Å²) in [5.41, 5.74) is 1.35. The van der Waals surface area contributed by atoms with Crippen LogP contribution in [-0.4, -0.2) is 21.8 Å². The van der Waals surface area contributed by atoms with Crippen molar-refractivity contribution in [2.24, 2.45) is 10.1 Å². The van der Waals surface area contributed by atoms with E-state index in [4.69, 9.17) is 26.1 Å². The number of para-hydroxylation sites is 1. The van der Waals surface area contributed by atoms with E-state index in [1.807, 2.05) is 60.7 Å². The van der Waals surface area contributed by atoms with Gasteiger partial charge < -0.3 is 4.42 Å². The van der Waals surface area contributed by atoms with Gasteiger partial charge in [-0.05, 0) is 36.8 Å². The van der Waals surface area contributed by atoms with Crippen LogP contribution in [0.1, 0.15) is 31.7 Å². The van der Waals surface area contributed by atoms with E-state index in [1.165, 1.54) is 11.8 Å². The fourth-order valence-corrected chi connectivity index (χ4v) is 4.81. The zero-order valence-electron chi connectivity index (χ0n) is 17.4. The van der Waals surface area contributed by atoms with Crippen molar-refractivity contribution in [2.75, 3.05) is 5.75 Å². The maximum Gasteiger partial charge on any atom is 0.276 e. The van der Waals surface area contributed by atoms with Gasteiger partial charge in [0.2, 0.25) is 6.17 Å². The number of nitrogens with one attached hydrogen (secondary N) is 1. The number of unbranched alkanes of at least 4 members (excludes halogenated alkanes) is 1. The molecule has 8 heteroatoms. The lowest BCUT2D eigenvalue weighted by molar-refractivity contribution is -0.116. The molecule has 0 saturated heterocycles. The van der Waals surface area contributed by atoms with E-state index >= 15 is 0 Å².